The predicted molar refractivity (Wildman–Crippen MR) is 65.9 cm³/mol. The van der Waals surface area contributed by atoms with Crippen molar-refractivity contribution in [3.05, 3.63) is 33.8 Å². The van der Waals surface area contributed by atoms with Crippen LogP contribution in [0.4, 0.5) is 0 Å². The molecule has 2 aromatic rings. The van der Waals surface area contributed by atoms with E-state index < -0.39 is 5.97 Å². The number of carboxylic acids is 1. The topological polar surface area (TPSA) is 70.4 Å². The lowest BCUT2D eigenvalue weighted by atomic mass is 10.2. The van der Waals surface area contributed by atoms with Crippen LogP contribution in [0.5, 0.6) is 5.75 Å². The van der Waals surface area contributed by atoms with Gasteiger partial charge in [-0.3, -0.25) is 0 Å². The number of aromatic nitrogens is 1. The van der Waals surface area contributed by atoms with Crippen LogP contribution in [0.15, 0.2) is 18.2 Å². The molecular weight excluding hydrogens is 262 g/mol. The van der Waals surface area contributed by atoms with Crippen LogP contribution >= 0.6 is 22.9 Å². The molecule has 88 valence electrons. The number of aryl methyl sites for hydroxylation is 1. The maximum Gasteiger partial charge on any atom is 0.347 e. The number of carbonyl (C=O) groups is 1. The summed E-state index contributed by atoms with van der Waals surface area (Å²) >= 11 is 6.84. The van der Waals surface area contributed by atoms with Gasteiger partial charge in [-0.15, -0.1) is 11.3 Å². The first-order chi connectivity index (χ1) is 7.99. The van der Waals surface area contributed by atoms with Gasteiger partial charge in [0.25, 0.3) is 0 Å². The molecule has 0 aliphatic carbocycles. The first-order valence-electron chi connectivity index (χ1n) is 4.68. The van der Waals surface area contributed by atoms with Crippen LogP contribution in [0.3, 0.4) is 0 Å². The highest BCUT2D eigenvalue weighted by atomic mass is 35.5. The maximum absolute atomic E-state index is 10.9. The highest BCUT2D eigenvalue weighted by molar-refractivity contribution is 7.17. The van der Waals surface area contributed by atoms with Crippen molar-refractivity contribution in [2.75, 3.05) is 0 Å². The molecule has 1 heterocycles. The Hall–Kier alpha value is -1.59. The van der Waals surface area contributed by atoms with Crippen molar-refractivity contribution < 1.29 is 15.0 Å². The Labute approximate surface area is 106 Å². The van der Waals surface area contributed by atoms with E-state index >= 15 is 0 Å². The second kappa shape index (κ2) is 4.35. The van der Waals surface area contributed by atoms with Crippen molar-refractivity contribution in [2.24, 2.45) is 0 Å². The number of thiazole rings is 1. The number of rotatable bonds is 2. The fraction of sp³-hybridized carbons (Fsp3) is 0.0909. The number of halogens is 1. The Balaban J connectivity index is 2.57. The molecule has 0 amide bonds. The standard InChI is InChI=1S/C11H8ClNO3S/c1-5-9(11(15)16)17-10(13-5)7-4-6(12)2-3-8(7)14/h2-4,14H,1H3,(H,15,16). The van der Waals surface area contributed by atoms with Gasteiger partial charge in [0.1, 0.15) is 15.6 Å². The summed E-state index contributed by atoms with van der Waals surface area (Å²) in [5, 5.41) is 19.5. The van der Waals surface area contributed by atoms with E-state index in [0.717, 1.165) is 11.3 Å². The third kappa shape index (κ3) is 2.25. The molecule has 6 heteroatoms. The van der Waals surface area contributed by atoms with Gasteiger partial charge in [-0.1, -0.05) is 11.6 Å². The molecule has 0 aliphatic heterocycles. The number of aromatic carboxylic acids is 1. The normalized spacial score (nSPS) is 10.5. The molecule has 0 unspecified atom stereocenters. The quantitative estimate of drug-likeness (QED) is 0.878. The number of nitrogens with zero attached hydrogens (tertiary/aromatic N) is 1. The van der Waals surface area contributed by atoms with E-state index in [1.807, 2.05) is 0 Å². The molecule has 0 bridgehead atoms. The summed E-state index contributed by atoms with van der Waals surface area (Å²) in [6, 6.07) is 4.56. The van der Waals surface area contributed by atoms with Gasteiger partial charge in [-0.2, -0.15) is 0 Å². The lowest BCUT2D eigenvalue weighted by Crippen LogP contribution is -1.94. The monoisotopic (exact) mass is 269 g/mol. The maximum atomic E-state index is 10.9. The summed E-state index contributed by atoms with van der Waals surface area (Å²) in [7, 11) is 0. The highest BCUT2D eigenvalue weighted by Gasteiger charge is 2.17. The predicted octanol–water partition coefficient (Wildman–Crippen LogP) is 3.18. The minimum Gasteiger partial charge on any atom is -0.507 e. The van der Waals surface area contributed by atoms with Crippen LogP contribution < -0.4 is 0 Å². The SMILES string of the molecule is Cc1nc(-c2cc(Cl)ccc2O)sc1C(=O)O. The van der Waals surface area contributed by atoms with Crippen molar-refractivity contribution in [3.8, 4) is 16.3 Å². The van der Waals surface area contributed by atoms with Gasteiger partial charge in [0.2, 0.25) is 0 Å². The molecule has 1 aromatic carbocycles. The summed E-state index contributed by atoms with van der Waals surface area (Å²) in [5.74, 6) is -0.993. The Morgan fingerprint density at radius 2 is 2.18 bits per heavy atom. The lowest BCUT2D eigenvalue weighted by molar-refractivity contribution is 0.0701. The summed E-state index contributed by atoms with van der Waals surface area (Å²) in [5.41, 5.74) is 0.870. The number of phenols is 1. The zero-order valence-corrected chi connectivity index (χ0v) is 10.3. The Morgan fingerprint density at radius 3 is 2.76 bits per heavy atom. The van der Waals surface area contributed by atoms with Crippen molar-refractivity contribution in [2.45, 2.75) is 6.92 Å². The number of phenolic OH excluding ortho intramolecular Hbond substituents is 1. The van der Waals surface area contributed by atoms with Crippen molar-refractivity contribution in [3.63, 3.8) is 0 Å². The van der Waals surface area contributed by atoms with Crippen LogP contribution in [0.1, 0.15) is 15.4 Å². The second-order valence-corrected chi connectivity index (χ2v) is 4.84. The van der Waals surface area contributed by atoms with Crippen molar-refractivity contribution >= 4 is 28.9 Å². The zero-order valence-electron chi connectivity index (χ0n) is 8.77. The molecule has 4 nitrogen and oxygen atoms in total. The molecule has 0 saturated heterocycles. The first-order valence-corrected chi connectivity index (χ1v) is 5.88. The van der Waals surface area contributed by atoms with Crippen LogP contribution in [0, 0.1) is 6.92 Å². The van der Waals surface area contributed by atoms with Gasteiger partial charge >= 0.3 is 5.97 Å². The van der Waals surface area contributed by atoms with E-state index in [9.17, 15) is 9.90 Å². The van der Waals surface area contributed by atoms with E-state index in [1.165, 1.54) is 6.07 Å². The third-order valence-corrected chi connectivity index (χ3v) is 3.59. The minimum atomic E-state index is -1.02. The molecule has 0 atom stereocenters. The van der Waals surface area contributed by atoms with Gasteiger partial charge in [0.05, 0.1) is 11.3 Å². The third-order valence-electron chi connectivity index (χ3n) is 2.18. The zero-order chi connectivity index (χ0) is 12.6. The smallest absolute Gasteiger partial charge is 0.347 e. The average molecular weight is 270 g/mol. The van der Waals surface area contributed by atoms with Gasteiger partial charge in [-0.05, 0) is 25.1 Å². The summed E-state index contributed by atoms with van der Waals surface area (Å²) in [4.78, 5) is 15.2. The van der Waals surface area contributed by atoms with E-state index in [4.69, 9.17) is 16.7 Å². The Bertz CT molecular complexity index is 594. The molecule has 0 spiro atoms. The van der Waals surface area contributed by atoms with Crippen molar-refractivity contribution in [1.29, 1.82) is 0 Å². The molecule has 0 saturated carbocycles. The van der Waals surface area contributed by atoms with Crippen LogP contribution in [0.25, 0.3) is 10.6 Å². The Morgan fingerprint density at radius 1 is 1.47 bits per heavy atom. The second-order valence-electron chi connectivity index (χ2n) is 3.40. The molecular formula is C11H8ClNO3S. The molecule has 0 aliphatic rings. The summed E-state index contributed by atoms with van der Waals surface area (Å²) in [6.07, 6.45) is 0. The van der Waals surface area contributed by atoms with Gasteiger partial charge in [0, 0.05) is 5.02 Å². The average Bonchev–Trinajstić information content (AvgIpc) is 2.64. The molecule has 17 heavy (non-hydrogen) atoms. The minimum absolute atomic E-state index is 0.0279. The Kier molecular flexibility index (Phi) is 3.04. The fourth-order valence-corrected chi connectivity index (χ4v) is 2.49. The fourth-order valence-electron chi connectivity index (χ4n) is 1.39. The summed E-state index contributed by atoms with van der Waals surface area (Å²) in [6.45, 7) is 1.62. The molecule has 1 aromatic heterocycles. The van der Waals surface area contributed by atoms with Crippen LogP contribution in [-0.2, 0) is 0 Å². The van der Waals surface area contributed by atoms with Gasteiger partial charge < -0.3 is 10.2 Å². The van der Waals surface area contributed by atoms with Crippen LogP contribution in [0.2, 0.25) is 5.02 Å². The molecule has 0 radical (unpaired) electrons. The molecule has 2 rings (SSSR count). The molecule has 0 fully saturated rings. The number of benzene rings is 1. The van der Waals surface area contributed by atoms with Crippen molar-refractivity contribution in [1.82, 2.24) is 4.98 Å². The highest BCUT2D eigenvalue weighted by Crippen LogP contribution is 2.35. The van der Waals surface area contributed by atoms with E-state index in [1.54, 1.807) is 19.1 Å². The number of hydrogen-bond acceptors (Lipinski definition) is 4. The summed E-state index contributed by atoms with van der Waals surface area (Å²) < 4.78 is 0. The molecule has 2 N–H and O–H groups in total. The first kappa shape index (κ1) is 11.9. The lowest BCUT2D eigenvalue weighted by Gasteiger charge is -2.00. The largest absolute Gasteiger partial charge is 0.507 e. The van der Waals surface area contributed by atoms with E-state index in [-0.39, 0.29) is 10.6 Å². The van der Waals surface area contributed by atoms with Gasteiger partial charge in [-0.25, -0.2) is 9.78 Å². The van der Waals surface area contributed by atoms with Crippen LogP contribution in [-0.4, -0.2) is 21.2 Å². The van der Waals surface area contributed by atoms with Gasteiger partial charge in [0.15, 0.2) is 0 Å². The van der Waals surface area contributed by atoms with E-state index in [0.29, 0.717) is 21.3 Å². The van der Waals surface area contributed by atoms with E-state index in [2.05, 4.69) is 4.98 Å². The number of hydrogen-bond donors (Lipinski definition) is 2. The number of carboxylic acid groups (broad SMARTS) is 1. The number of aromatic hydroxyl groups is 1.